The largest absolute Gasteiger partial charge is 0.444 e. The second-order valence-corrected chi connectivity index (χ2v) is 5.63. The van der Waals surface area contributed by atoms with Gasteiger partial charge in [0, 0.05) is 18.8 Å². The van der Waals surface area contributed by atoms with E-state index >= 15 is 0 Å². The molecule has 1 fully saturated rings. The fraction of sp³-hybridized carbons (Fsp3) is 0.500. The van der Waals surface area contributed by atoms with Crippen molar-refractivity contribution in [2.75, 3.05) is 23.3 Å². The van der Waals surface area contributed by atoms with Crippen LogP contribution in [0.4, 0.5) is 20.6 Å². The van der Waals surface area contributed by atoms with Crippen LogP contribution in [0.25, 0.3) is 0 Å². The Kier molecular flexibility index (Phi) is 3.64. The number of halogens is 1. The van der Waals surface area contributed by atoms with E-state index in [4.69, 9.17) is 4.74 Å². The maximum atomic E-state index is 13.9. The average molecular weight is 266 g/mol. The maximum Gasteiger partial charge on any atom is 0.412 e. The zero-order valence-corrected chi connectivity index (χ0v) is 11.5. The number of rotatable bonds is 2. The number of nitrogens with zero attached hydrogens (tertiary/aromatic N) is 1. The van der Waals surface area contributed by atoms with Crippen molar-refractivity contribution in [1.29, 1.82) is 0 Å². The molecule has 1 amide bonds. The van der Waals surface area contributed by atoms with Gasteiger partial charge in [-0.1, -0.05) is 0 Å². The minimum absolute atomic E-state index is 0.326. The number of amides is 1. The smallest absolute Gasteiger partial charge is 0.412 e. The molecule has 5 heteroatoms. The van der Waals surface area contributed by atoms with Gasteiger partial charge in [-0.25, -0.2) is 9.18 Å². The third-order valence-corrected chi connectivity index (χ3v) is 2.79. The summed E-state index contributed by atoms with van der Waals surface area (Å²) in [5, 5.41) is 2.52. The highest BCUT2D eigenvalue weighted by atomic mass is 19.1. The highest BCUT2D eigenvalue weighted by Gasteiger charge is 2.19. The summed E-state index contributed by atoms with van der Waals surface area (Å²) in [5.74, 6) is -0.326. The highest BCUT2D eigenvalue weighted by molar-refractivity contribution is 5.85. The molecule has 0 radical (unpaired) electrons. The van der Waals surface area contributed by atoms with E-state index in [-0.39, 0.29) is 5.82 Å². The van der Waals surface area contributed by atoms with Gasteiger partial charge >= 0.3 is 6.09 Å². The summed E-state index contributed by atoms with van der Waals surface area (Å²) >= 11 is 0. The number of hydrogen-bond donors (Lipinski definition) is 1. The molecule has 1 N–H and O–H groups in total. The van der Waals surface area contributed by atoms with Crippen LogP contribution in [0.3, 0.4) is 0 Å². The molecule has 1 aromatic rings. The maximum absolute atomic E-state index is 13.9. The topological polar surface area (TPSA) is 41.6 Å². The number of hydrogen-bond acceptors (Lipinski definition) is 3. The van der Waals surface area contributed by atoms with Gasteiger partial charge < -0.3 is 9.64 Å². The Bertz CT molecular complexity index is 479. The van der Waals surface area contributed by atoms with E-state index in [9.17, 15) is 9.18 Å². The predicted octanol–water partition coefficient (Wildman–Crippen LogP) is 3.38. The molecule has 104 valence electrons. The SMILES string of the molecule is CC(C)(C)OC(=O)Nc1ccc(N2CCC2)c(F)c1. The minimum atomic E-state index is -0.580. The first kappa shape index (κ1) is 13.6. The number of benzene rings is 1. The molecule has 1 aromatic carbocycles. The number of nitrogens with one attached hydrogen (secondary N) is 1. The second kappa shape index (κ2) is 5.07. The van der Waals surface area contributed by atoms with Crippen molar-refractivity contribution in [1.82, 2.24) is 0 Å². The first-order chi connectivity index (χ1) is 8.85. The molecule has 0 saturated carbocycles. The van der Waals surface area contributed by atoms with E-state index < -0.39 is 11.7 Å². The van der Waals surface area contributed by atoms with Crippen LogP contribution in [0.2, 0.25) is 0 Å². The fourth-order valence-electron chi connectivity index (χ4n) is 1.82. The molecule has 0 unspecified atom stereocenters. The van der Waals surface area contributed by atoms with Crippen molar-refractivity contribution >= 4 is 17.5 Å². The standard InChI is InChI=1S/C14H19FN2O2/c1-14(2,3)19-13(18)16-10-5-6-12(11(15)9-10)17-7-4-8-17/h5-6,9H,4,7-8H2,1-3H3,(H,16,18). The van der Waals surface area contributed by atoms with Gasteiger partial charge in [0.05, 0.1) is 5.69 Å². The fourth-order valence-corrected chi connectivity index (χ4v) is 1.82. The van der Waals surface area contributed by atoms with Gasteiger partial charge in [-0.05, 0) is 45.4 Å². The zero-order valence-electron chi connectivity index (χ0n) is 11.5. The Hall–Kier alpha value is -1.78. The Balaban J connectivity index is 2.01. The molecule has 2 rings (SSSR count). The van der Waals surface area contributed by atoms with E-state index in [0.29, 0.717) is 11.4 Å². The zero-order chi connectivity index (χ0) is 14.0. The molecule has 1 aliphatic rings. The highest BCUT2D eigenvalue weighted by Crippen LogP contribution is 2.26. The lowest BCUT2D eigenvalue weighted by Crippen LogP contribution is -2.37. The molecule has 0 atom stereocenters. The quantitative estimate of drug-likeness (QED) is 0.892. The van der Waals surface area contributed by atoms with Gasteiger partial charge in [0.2, 0.25) is 0 Å². The van der Waals surface area contributed by atoms with Gasteiger partial charge in [0.15, 0.2) is 0 Å². The summed E-state index contributed by atoms with van der Waals surface area (Å²) in [6, 6.07) is 4.68. The van der Waals surface area contributed by atoms with Crippen molar-refractivity contribution in [2.24, 2.45) is 0 Å². The van der Waals surface area contributed by atoms with Gasteiger partial charge in [-0.15, -0.1) is 0 Å². The average Bonchev–Trinajstić information content (AvgIpc) is 2.16. The third kappa shape index (κ3) is 3.59. The lowest BCUT2D eigenvalue weighted by molar-refractivity contribution is 0.0636. The number of ether oxygens (including phenoxy) is 1. The molecular weight excluding hydrogens is 247 g/mol. The second-order valence-electron chi connectivity index (χ2n) is 5.63. The van der Waals surface area contributed by atoms with Gasteiger partial charge in [-0.2, -0.15) is 0 Å². The number of carbonyl (C=O) groups excluding carboxylic acids is 1. The van der Waals surface area contributed by atoms with E-state index in [0.717, 1.165) is 19.5 Å². The number of anilines is 2. The van der Waals surface area contributed by atoms with Crippen molar-refractivity contribution in [2.45, 2.75) is 32.8 Å². The molecule has 19 heavy (non-hydrogen) atoms. The Morgan fingerprint density at radius 2 is 2.05 bits per heavy atom. The van der Waals surface area contributed by atoms with Gasteiger partial charge in [-0.3, -0.25) is 5.32 Å². The minimum Gasteiger partial charge on any atom is -0.444 e. The molecule has 0 bridgehead atoms. The summed E-state index contributed by atoms with van der Waals surface area (Å²) in [6.45, 7) is 7.10. The molecule has 4 nitrogen and oxygen atoms in total. The molecule has 1 heterocycles. The van der Waals surface area contributed by atoms with Crippen LogP contribution in [0.1, 0.15) is 27.2 Å². The van der Waals surface area contributed by atoms with Gasteiger partial charge in [0.25, 0.3) is 0 Å². The van der Waals surface area contributed by atoms with E-state index in [2.05, 4.69) is 5.32 Å². The normalized spacial score (nSPS) is 14.8. The lowest BCUT2D eigenvalue weighted by Gasteiger charge is -2.33. The van der Waals surface area contributed by atoms with Crippen LogP contribution in [-0.4, -0.2) is 24.8 Å². The third-order valence-electron chi connectivity index (χ3n) is 2.79. The summed E-state index contributed by atoms with van der Waals surface area (Å²) in [6.07, 6.45) is 0.515. The summed E-state index contributed by atoms with van der Waals surface area (Å²) in [7, 11) is 0. The molecule has 1 saturated heterocycles. The van der Waals surface area contributed by atoms with Crippen LogP contribution in [-0.2, 0) is 4.74 Å². The molecule has 0 spiro atoms. The monoisotopic (exact) mass is 266 g/mol. The number of carbonyl (C=O) groups is 1. The van der Waals surface area contributed by atoms with Crippen LogP contribution in [0.15, 0.2) is 18.2 Å². The summed E-state index contributed by atoms with van der Waals surface area (Å²) in [4.78, 5) is 13.5. The lowest BCUT2D eigenvalue weighted by atomic mass is 10.1. The van der Waals surface area contributed by atoms with Crippen LogP contribution in [0, 0.1) is 5.82 Å². The summed E-state index contributed by atoms with van der Waals surface area (Å²) in [5.41, 5.74) is 0.414. The predicted molar refractivity (Wildman–Crippen MR) is 73.1 cm³/mol. The van der Waals surface area contributed by atoms with Crippen molar-refractivity contribution < 1.29 is 13.9 Å². The first-order valence-electron chi connectivity index (χ1n) is 6.40. The van der Waals surface area contributed by atoms with E-state index in [1.54, 1.807) is 32.9 Å². The molecule has 1 aliphatic heterocycles. The van der Waals surface area contributed by atoms with Crippen LogP contribution < -0.4 is 10.2 Å². The van der Waals surface area contributed by atoms with Crippen LogP contribution >= 0.6 is 0 Å². The Morgan fingerprint density at radius 1 is 1.37 bits per heavy atom. The first-order valence-corrected chi connectivity index (χ1v) is 6.40. The van der Waals surface area contributed by atoms with Crippen LogP contribution in [0.5, 0.6) is 0 Å². The molecular formula is C14H19FN2O2. The van der Waals surface area contributed by atoms with Crippen molar-refractivity contribution in [3.8, 4) is 0 Å². The van der Waals surface area contributed by atoms with Crippen molar-refractivity contribution in [3.05, 3.63) is 24.0 Å². The van der Waals surface area contributed by atoms with Crippen molar-refractivity contribution in [3.63, 3.8) is 0 Å². The van der Waals surface area contributed by atoms with Gasteiger partial charge in [0.1, 0.15) is 11.4 Å². The van der Waals surface area contributed by atoms with E-state index in [1.165, 1.54) is 6.07 Å². The molecule has 0 aliphatic carbocycles. The Labute approximate surface area is 112 Å². The molecule has 0 aromatic heterocycles. The van der Waals surface area contributed by atoms with E-state index in [1.807, 2.05) is 4.90 Å². The Morgan fingerprint density at radius 3 is 2.53 bits per heavy atom. The summed E-state index contributed by atoms with van der Waals surface area (Å²) < 4.78 is 19.0.